The number of aromatic nitrogens is 2. The molecule has 146 valence electrons. The van der Waals surface area contributed by atoms with E-state index in [1.54, 1.807) is 6.07 Å². The maximum absolute atomic E-state index is 12.8. The molecule has 0 saturated carbocycles. The lowest BCUT2D eigenvalue weighted by atomic mass is 10.1. The van der Waals surface area contributed by atoms with Crippen molar-refractivity contribution in [1.82, 2.24) is 14.9 Å². The summed E-state index contributed by atoms with van der Waals surface area (Å²) in [5.41, 5.74) is 0.313. The number of alkyl halides is 3. The number of aromatic amines is 1. The van der Waals surface area contributed by atoms with Crippen LogP contribution in [0.2, 0.25) is 0 Å². The van der Waals surface area contributed by atoms with E-state index in [0.717, 1.165) is 0 Å². The van der Waals surface area contributed by atoms with Gasteiger partial charge < -0.3 is 19.6 Å². The molecule has 27 heavy (non-hydrogen) atoms. The van der Waals surface area contributed by atoms with E-state index in [0.29, 0.717) is 24.4 Å². The van der Waals surface area contributed by atoms with Gasteiger partial charge in [-0.1, -0.05) is 0 Å². The summed E-state index contributed by atoms with van der Waals surface area (Å²) in [5, 5.41) is 10.0. The van der Waals surface area contributed by atoms with Crippen molar-refractivity contribution in [3.63, 3.8) is 0 Å². The van der Waals surface area contributed by atoms with Crippen molar-refractivity contribution in [3.05, 3.63) is 45.1 Å². The van der Waals surface area contributed by atoms with Crippen molar-refractivity contribution in [1.29, 1.82) is 0 Å². The molecular weight excluding hydrogens is 367 g/mol. The Kier molecular flexibility index (Phi) is 5.01. The number of phenolic OH excluding ortho intramolecular Hbond substituents is 1. The molecule has 2 N–H and O–H groups in total. The number of ether oxygens (including phenoxy) is 2. The second-order valence-electron chi connectivity index (χ2n) is 6.15. The standard InChI is InChI=1S/C17H18F3N3O4/c1-26-13-6-9(5-12(24)14(13)27-2)7-23-4-3-11-10(8-23)15(25)22-16(21-11)17(18,19)20/h5-6,24H,3-4,7-8H2,1-2H3,(H,21,22,25). The molecule has 0 fully saturated rings. The number of hydrogen-bond donors (Lipinski definition) is 2. The van der Waals surface area contributed by atoms with E-state index in [9.17, 15) is 23.1 Å². The maximum atomic E-state index is 12.8. The molecule has 0 atom stereocenters. The first-order chi connectivity index (χ1) is 12.7. The first kappa shape index (κ1) is 19.0. The average Bonchev–Trinajstić information content (AvgIpc) is 2.60. The lowest BCUT2D eigenvalue weighted by molar-refractivity contribution is -0.145. The van der Waals surface area contributed by atoms with Crippen LogP contribution in [0.25, 0.3) is 0 Å². The van der Waals surface area contributed by atoms with Crippen LogP contribution >= 0.6 is 0 Å². The molecule has 0 unspecified atom stereocenters. The number of nitrogens with one attached hydrogen (secondary N) is 1. The molecule has 1 aliphatic rings. The van der Waals surface area contributed by atoms with Crippen LogP contribution in [0.5, 0.6) is 17.2 Å². The fourth-order valence-corrected chi connectivity index (χ4v) is 3.10. The zero-order valence-corrected chi connectivity index (χ0v) is 14.7. The lowest BCUT2D eigenvalue weighted by Gasteiger charge is -2.28. The molecule has 0 saturated heterocycles. The lowest BCUT2D eigenvalue weighted by Crippen LogP contribution is -2.36. The summed E-state index contributed by atoms with van der Waals surface area (Å²) >= 11 is 0. The van der Waals surface area contributed by atoms with Crippen LogP contribution in [0.1, 0.15) is 22.6 Å². The molecule has 3 rings (SSSR count). The number of halogens is 3. The molecular formula is C17H18F3N3O4. The monoisotopic (exact) mass is 385 g/mol. The van der Waals surface area contributed by atoms with Gasteiger partial charge in [-0.2, -0.15) is 13.2 Å². The van der Waals surface area contributed by atoms with Crippen molar-refractivity contribution in [2.45, 2.75) is 25.7 Å². The summed E-state index contributed by atoms with van der Waals surface area (Å²) in [5.74, 6) is -0.784. The Morgan fingerprint density at radius 2 is 2.04 bits per heavy atom. The number of phenols is 1. The summed E-state index contributed by atoms with van der Waals surface area (Å²) in [6, 6.07) is 3.22. The Bertz CT molecular complexity index is 912. The average molecular weight is 385 g/mol. The number of H-pyrrole nitrogens is 1. The van der Waals surface area contributed by atoms with Crippen LogP contribution in [-0.4, -0.2) is 40.7 Å². The van der Waals surface area contributed by atoms with Gasteiger partial charge in [-0.3, -0.25) is 9.69 Å². The van der Waals surface area contributed by atoms with Crippen LogP contribution < -0.4 is 15.0 Å². The largest absolute Gasteiger partial charge is 0.504 e. The van der Waals surface area contributed by atoms with Crippen molar-refractivity contribution >= 4 is 0 Å². The second-order valence-corrected chi connectivity index (χ2v) is 6.15. The van der Waals surface area contributed by atoms with Crippen LogP contribution in [-0.2, 0) is 25.7 Å². The van der Waals surface area contributed by atoms with E-state index >= 15 is 0 Å². The molecule has 0 spiro atoms. The number of benzene rings is 1. The number of aromatic hydroxyl groups is 1. The summed E-state index contributed by atoms with van der Waals surface area (Å²) in [6.07, 6.45) is -4.47. The van der Waals surface area contributed by atoms with Gasteiger partial charge in [-0.15, -0.1) is 0 Å². The van der Waals surface area contributed by atoms with Gasteiger partial charge in [-0.25, -0.2) is 4.98 Å². The van der Waals surface area contributed by atoms with Crippen LogP contribution in [0.15, 0.2) is 16.9 Å². The Morgan fingerprint density at radius 1 is 1.30 bits per heavy atom. The van der Waals surface area contributed by atoms with Gasteiger partial charge in [0.25, 0.3) is 5.56 Å². The molecule has 0 radical (unpaired) electrons. The molecule has 2 aromatic rings. The predicted octanol–water partition coefficient (Wildman–Crippen LogP) is 2.07. The van der Waals surface area contributed by atoms with Gasteiger partial charge in [0.2, 0.25) is 11.6 Å². The molecule has 2 heterocycles. The van der Waals surface area contributed by atoms with Crippen molar-refractivity contribution in [3.8, 4) is 17.2 Å². The maximum Gasteiger partial charge on any atom is 0.449 e. The highest BCUT2D eigenvalue weighted by molar-refractivity contribution is 5.53. The Labute approximate surface area is 152 Å². The zero-order chi connectivity index (χ0) is 19.8. The molecule has 0 bridgehead atoms. The van der Waals surface area contributed by atoms with Gasteiger partial charge in [0.05, 0.1) is 25.5 Å². The van der Waals surface area contributed by atoms with Crippen LogP contribution in [0.3, 0.4) is 0 Å². The first-order valence-corrected chi connectivity index (χ1v) is 8.08. The number of nitrogens with zero attached hydrogens (tertiary/aromatic N) is 2. The van der Waals surface area contributed by atoms with Gasteiger partial charge in [0.15, 0.2) is 11.5 Å². The van der Waals surface area contributed by atoms with E-state index < -0.39 is 17.6 Å². The van der Waals surface area contributed by atoms with Crippen molar-refractivity contribution in [2.75, 3.05) is 20.8 Å². The zero-order valence-electron chi connectivity index (χ0n) is 14.7. The summed E-state index contributed by atoms with van der Waals surface area (Å²) in [7, 11) is 2.86. The van der Waals surface area contributed by atoms with Crippen molar-refractivity contribution in [2.24, 2.45) is 0 Å². The molecule has 10 heteroatoms. The fraction of sp³-hybridized carbons (Fsp3) is 0.412. The predicted molar refractivity (Wildman–Crippen MR) is 88.9 cm³/mol. The Hall–Kier alpha value is -2.75. The van der Waals surface area contributed by atoms with E-state index in [2.05, 4.69) is 4.98 Å². The van der Waals surface area contributed by atoms with Gasteiger partial charge in [0, 0.05) is 26.1 Å². The highest BCUT2D eigenvalue weighted by Gasteiger charge is 2.36. The van der Waals surface area contributed by atoms with E-state index in [1.807, 2.05) is 9.88 Å². The Morgan fingerprint density at radius 3 is 2.67 bits per heavy atom. The Balaban J connectivity index is 1.83. The van der Waals surface area contributed by atoms with E-state index in [4.69, 9.17) is 9.47 Å². The number of rotatable bonds is 4. The van der Waals surface area contributed by atoms with Gasteiger partial charge >= 0.3 is 6.18 Å². The molecule has 0 aliphatic carbocycles. The minimum atomic E-state index is -4.69. The van der Waals surface area contributed by atoms with Crippen LogP contribution in [0, 0.1) is 0 Å². The highest BCUT2D eigenvalue weighted by atomic mass is 19.4. The summed E-state index contributed by atoms with van der Waals surface area (Å²) in [4.78, 5) is 19.3. The molecule has 7 nitrogen and oxygen atoms in total. The fourth-order valence-electron chi connectivity index (χ4n) is 3.10. The minimum absolute atomic E-state index is 0.0846. The SMILES string of the molecule is COc1cc(CN2CCc3nc(C(F)(F)F)[nH]c(=O)c3C2)cc(O)c1OC. The topological polar surface area (TPSA) is 87.7 Å². The molecule has 0 amide bonds. The third-order valence-electron chi connectivity index (χ3n) is 4.34. The molecule has 1 aromatic heterocycles. The third kappa shape index (κ3) is 3.85. The smallest absolute Gasteiger partial charge is 0.449 e. The first-order valence-electron chi connectivity index (χ1n) is 8.08. The summed E-state index contributed by atoms with van der Waals surface area (Å²) < 4.78 is 48.6. The second kappa shape index (κ2) is 7.10. The van der Waals surface area contributed by atoms with Crippen molar-refractivity contribution < 1.29 is 27.8 Å². The van der Waals surface area contributed by atoms with Gasteiger partial charge in [0.1, 0.15) is 0 Å². The number of methoxy groups -OCH3 is 2. The van der Waals surface area contributed by atoms with Gasteiger partial charge in [-0.05, 0) is 17.7 Å². The minimum Gasteiger partial charge on any atom is -0.504 e. The van der Waals surface area contributed by atoms with E-state index in [-0.39, 0.29) is 35.7 Å². The quantitative estimate of drug-likeness (QED) is 0.838. The third-order valence-corrected chi connectivity index (χ3v) is 4.34. The van der Waals surface area contributed by atoms with Crippen LogP contribution in [0.4, 0.5) is 13.2 Å². The molecule has 1 aliphatic heterocycles. The number of fused-ring (bicyclic) bond motifs is 1. The summed E-state index contributed by atoms with van der Waals surface area (Å²) in [6.45, 7) is 0.953. The molecule has 1 aromatic carbocycles. The number of hydrogen-bond acceptors (Lipinski definition) is 6. The highest BCUT2D eigenvalue weighted by Crippen LogP contribution is 2.38. The van der Waals surface area contributed by atoms with E-state index in [1.165, 1.54) is 20.3 Å². The normalized spacial score (nSPS) is 14.7.